The molecule has 2 bridgehead atoms. The number of hydrogen-bond acceptors (Lipinski definition) is 6. The van der Waals surface area contributed by atoms with Crippen LogP contribution in [0.1, 0.15) is 47.0 Å². The zero-order valence-electron chi connectivity index (χ0n) is 16.7. The minimum atomic E-state index is -1.90. The van der Waals surface area contributed by atoms with E-state index in [0.717, 1.165) is 5.57 Å². The number of carbonyl (C=O) groups is 2. The fourth-order valence-corrected chi connectivity index (χ4v) is 3.67. The van der Waals surface area contributed by atoms with Crippen molar-refractivity contribution in [3.8, 4) is 0 Å². The highest BCUT2D eigenvalue weighted by atomic mass is 79.9. The number of cyclic esters (lactones) is 1. The Hall–Kier alpha value is -1.28. The van der Waals surface area contributed by atoms with Crippen LogP contribution in [0.5, 0.6) is 0 Å². The Balaban J connectivity index is 2.47. The summed E-state index contributed by atoms with van der Waals surface area (Å²) in [6, 6.07) is 0. The predicted molar refractivity (Wildman–Crippen MR) is 108 cm³/mol. The van der Waals surface area contributed by atoms with Crippen molar-refractivity contribution >= 4 is 27.7 Å². The summed E-state index contributed by atoms with van der Waals surface area (Å²) in [4.78, 5) is 27.3. The minimum absolute atomic E-state index is 0.119. The van der Waals surface area contributed by atoms with Crippen LogP contribution in [0.4, 0.5) is 0 Å². The van der Waals surface area contributed by atoms with Crippen molar-refractivity contribution < 1.29 is 29.3 Å². The minimum Gasteiger partial charge on any atom is -0.457 e. The molecular formula is C21H29BrO6. The largest absolute Gasteiger partial charge is 0.457 e. The number of carbonyl (C=O) groups excluding carboxylic acids is 2. The van der Waals surface area contributed by atoms with Crippen LogP contribution < -0.4 is 0 Å². The molecule has 0 aromatic carbocycles. The van der Waals surface area contributed by atoms with Crippen LogP contribution in [0.3, 0.4) is 0 Å². The van der Waals surface area contributed by atoms with E-state index in [1.54, 1.807) is 37.1 Å². The van der Waals surface area contributed by atoms with Crippen molar-refractivity contribution in [2.75, 3.05) is 0 Å². The van der Waals surface area contributed by atoms with Crippen molar-refractivity contribution in [1.29, 1.82) is 0 Å². The number of esters is 1. The van der Waals surface area contributed by atoms with E-state index in [-0.39, 0.29) is 18.6 Å². The molecular weight excluding hydrogens is 428 g/mol. The summed E-state index contributed by atoms with van der Waals surface area (Å²) in [6.45, 7) is 6.79. The Morgan fingerprint density at radius 2 is 1.96 bits per heavy atom. The Morgan fingerprint density at radius 1 is 1.29 bits per heavy atom. The summed E-state index contributed by atoms with van der Waals surface area (Å²) in [7, 11) is 0. The average molecular weight is 457 g/mol. The first-order valence-corrected chi connectivity index (χ1v) is 10.3. The Morgan fingerprint density at radius 3 is 2.61 bits per heavy atom. The maximum Gasteiger partial charge on any atom is 0.314 e. The van der Waals surface area contributed by atoms with Crippen molar-refractivity contribution in [2.45, 2.75) is 71.1 Å². The van der Waals surface area contributed by atoms with E-state index in [9.17, 15) is 19.8 Å². The van der Waals surface area contributed by atoms with E-state index in [0.29, 0.717) is 6.42 Å². The van der Waals surface area contributed by atoms with E-state index in [2.05, 4.69) is 15.9 Å². The molecule has 5 atom stereocenters. The first-order chi connectivity index (χ1) is 13.0. The van der Waals surface area contributed by atoms with Gasteiger partial charge in [0.25, 0.3) is 0 Å². The number of halogens is 1. The van der Waals surface area contributed by atoms with Gasteiger partial charge in [-0.2, -0.15) is 0 Å². The van der Waals surface area contributed by atoms with E-state index >= 15 is 0 Å². The lowest BCUT2D eigenvalue weighted by atomic mass is 9.75. The van der Waals surface area contributed by atoms with Gasteiger partial charge in [0.1, 0.15) is 12.0 Å². The third-order valence-corrected chi connectivity index (χ3v) is 5.81. The first-order valence-electron chi connectivity index (χ1n) is 9.43. The summed E-state index contributed by atoms with van der Waals surface area (Å²) < 4.78 is 11.4. The van der Waals surface area contributed by atoms with Crippen LogP contribution in [-0.2, 0) is 19.1 Å². The van der Waals surface area contributed by atoms with Gasteiger partial charge in [0, 0.05) is 19.3 Å². The smallest absolute Gasteiger partial charge is 0.314 e. The van der Waals surface area contributed by atoms with E-state index < -0.39 is 41.4 Å². The van der Waals surface area contributed by atoms with Crippen LogP contribution >= 0.6 is 15.9 Å². The van der Waals surface area contributed by atoms with Crippen molar-refractivity contribution in [3.63, 3.8) is 0 Å². The maximum atomic E-state index is 12.9. The van der Waals surface area contributed by atoms with Gasteiger partial charge in [-0.1, -0.05) is 47.5 Å². The molecule has 1 fully saturated rings. The van der Waals surface area contributed by atoms with Gasteiger partial charge in [-0.25, -0.2) is 0 Å². The van der Waals surface area contributed by atoms with Crippen LogP contribution in [-0.4, -0.2) is 46.1 Å². The van der Waals surface area contributed by atoms with Gasteiger partial charge >= 0.3 is 5.97 Å². The molecule has 0 spiro atoms. The fourth-order valence-electron chi connectivity index (χ4n) is 3.49. The SMILES string of the molecule is C/C1=C\C(=O)C(C)(C)[C@H]2C[C@@H](O)C[C@](O)(O2)[C@H](C)C(=O)O[C@@H](/C=C/C=C/Br)C1. The third kappa shape index (κ3) is 5.20. The van der Waals surface area contributed by atoms with Crippen LogP contribution in [0.15, 0.2) is 34.9 Å². The maximum absolute atomic E-state index is 12.9. The molecule has 0 aromatic heterocycles. The number of aliphatic hydroxyl groups is 2. The summed E-state index contributed by atoms with van der Waals surface area (Å²) in [5, 5.41) is 21.3. The molecule has 2 heterocycles. The van der Waals surface area contributed by atoms with Gasteiger partial charge in [0.05, 0.1) is 17.6 Å². The number of rotatable bonds is 2. The van der Waals surface area contributed by atoms with Gasteiger partial charge < -0.3 is 19.7 Å². The number of fused-ring (bicyclic) bond motifs is 2. The molecule has 1 saturated heterocycles. The molecule has 2 rings (SSSR count). The summed E-state index contributed by atoms with van der Waals surface area (Å²) in [6.07, 6.45) is 4.94. The molecule has 0 aromatic rings. The second-order valence-electron chi connectivity index (χ2n) is 8.23. The normalized spacial score (nSPS) is 39.2. The van der Waals surface area contributed by atoms with Crippen LogP contribution in [0, 0.1) is 11.3 Å². The topological polar surface area (TPSA) is 93.1 Å². The molecule has 6 nitrogen and oxygen atoms in total. The van der Waals surface area contributed by atoms with Crippen molar-refractivity contribution in [3.05, 3.63) is 34.9 Å². The van der Waals surface area contributed by atoms with Gasteiger partial charge in [0.2, 0.25) is 0 Å². The molecule has 28 heavy (non-hydrogen) atoms. The van der Waals surface area contributed by atoms with Crippen molar-refractivity contribution in [2.24, 2.45) is 11.3 Å². The Bertz CT molecular complexity index is 695. The number of aliphatic hydroxyl groups excluding tert-OH is 1. The van der Waals surface area contributed by atoms with Gasteiger partial charge in [-0.15, -0.1) is 0 Å². The zero-order valence-corrected chi connectivity index (χ0v) is 18.3. The predicted octanol–water partition coefficient (Wildman–Crippen LogP) is 3.17. The second kappa shape index (κ2) is 9.03. The lowest BCUT2D eigenvalue weighted by Crippen LogP contribution is -2.57. The highest BCUT2D eigenvalue weighted by Crippen LogP contribution is 2.41. The highest BCUT2D eigenvalue weighted by molar-refractivity contribution is 9.11. The molecule has 0 radical (unpaired) electrons. The van der Waals surface area contributed by atoms with Gasteiger partial charge in [0.15, 0.2) is 11.6 Å². The Kier molecular flexibility index (Phi) is 7.42. The number of ether oxygens (including phenoxy) is 2. The summed E-state index contributed by atoms with van der Waals surface area (Å²) in [5.41, 5.74) is -0.202. The molecule has 0 amide bonds. The van der Waals surface area contributed by atoms with Gasteiger partial charge in [-0.05, 0) is 31.0 Å². The standard InChI is InChI=1S/C21H29BrO6/c1-13-9-16(7-5-6-8-22)27-19(25)14(2)21(26)12-15(23)11-18(28-21)20(3,4)17(24)10-13/h5-8,10,14-16,18,23,26H,9,11-12H2,1-4H3/b7-5+,8-6+,13-10+/t14-,15-,16+,18-,21+/m1/s1. The molecule has 7 heteroatoms. The molecule has 2 aliphatic rings. The lowest BCUT2D eigenvalue weighted by Gasteiger charge is -2.46. The van der Waals surface area contributed by atoms with Crippen LogP contribution in [0.2, 0.25) is 0 Å². The van der Waals surface area contributed by atoms with Gasteiger partial charge in [-0.3, -0.25) is 9.59 Å². The quantitative estimate of drug-likeness (QED) is 0.489. The third-order valence-electron chi connectivity index (χ3n) is 5.51. The summed E-state index contributed by atoms with van der Waals surface area (Å²) >= 11 is 3.17. The van der Waals surface area contributed by atoms with E-state index in [1.807, 2.05) is 6.92 Å². The molecule has 0 saturated carbocycles. The highest BCUT2D eigenvalue weighted by Gasteiger charge is 2.52. The fraction of sp³-hybridized carbons (Fsp3) is 0.619. The number of hydrogen-bond donors (Lipinski definition) is 2. The Labute approximate surface area is 174 Å². The molecule has 0 aliphatic carbocycles. The average Bonchev–Trinajstić information content (AvgIpc) is 2.59. The summed E-state index contributed by atoms with van der Waals surface area (Å²) in [5.74, 6) is -3.71. The first kappa shape index (κ1) is 23.0. The zero-order chi connectivity index (χ0) is 21.1. The molecule has 156 valence electrons. The van der Waals surface area contributed by atoms with Crippen LogP contribution in [0.25, 0.3) is 0 Å². The lowest BCUT2D eigenvalue weighted by molar-refractivity contribution is -0.306. The van der Waals surface area contributed by atoms with E-state index in [1.165, 1.54) is 13.0 Å². The number of ketones is 1. The molecule has 2 aliphatic heterocycles. The second-order valence-corrected chi connectivity index (χ2v) is 8.75. The number of allylic oxidation sites excluding steroid dienone is 3. The van der Waals surface area contributed by atoms with Crippen molar-refractivity contribution in [1.82, 2.24) is 0 Å². The molecule has 2 N–H and O–H groups in total. The monoisotopic (exact) mass is 456 g/mol. The van der Waals surface area contributed by atoms with E-state index in [4.69, 9.17) is 9.47 Å². The molecule has 0 unspecified atom stereocenters.